The molecule has 21 heavy (non-hydrogen) atoms. The highest BCUT2D eigenvalue weighted by Crippen LogP contribution is 2.24. The Morgan fingerprint density at radius 3 is 2.71 bits per heavy atom. The van der Waals surface area contributed by atoms with Crippen LogP contribution in [0, 0.1) is 0 Å². The molecule has 0 amide bonds. The van der Waals surface area contributed by atoms with Crippen LogP contribution in [0.2, 0.25) is 5.02 Å². The minimum Gasteiger partial charge on any atom is -0.489 e. The fourth-order valence-corrected chi connectivity index (χ4v) is 2.03. The van der Waals surface area contributed by atoms with Gasteiger partial charge in [-0.3, -0.25) is 4.98 Å². The van der Waals surface area contributed by atoms with E-state index in [1.54, 1.807) is 6.20 Å². The Morgan fingerprint density at radius 1 is 1.24 bits per heavy atom. The Balaban J connectivity index is 2.07. The van der Waals surface area contributed by atoms with Gasteiger partial charge >= 0.3 is 0 Å². The van der Waals surface area contributed by atoms with Crippen molar-refractivity contribution in [2.24, 2.45) is 0 Å². The van der Waals surface area contributed by atoms with Crippen LogP contribution in [0.5, 0.6) is 5.75 Å². The number of rotatable bonds is 5. The molecule has 0 fully saturated rings. The number of pyridine rings is 1. The molecule has 0 aliphatic heterocycles. The molecule has 2 rings (SSSR count). The summed E-state index contributed by atoms with van der Waals surface area (Å²) < 4.78 is 5.90. The minimum atomic E-state index is 0.0446. The summed E-state index contributed by atoms with van der Waals surface area (Å²) in [7, 11) is 0. The lowest BCUT2D eigenvalue weighted by molar-refractivity contribution is 0.299. The van der Waals surface area contributed by atoms with Crippen molar-refractivity contribution in [1.29, 1.82) is 0 Å². The molecule has 1 heterocycles. The van der Waals surface area contributed by atoms with Gasteiger partial charge < -0.3 is 10.1 Å². The maximum absolute atomic E-state index is 6.09. The highest BCUT2D eigenvalue weighted by atomic mass is 35.5. The first-order valence-corrected chi connectivity index (χ1v) is 7.37. The van der Waals surface area contributed by atoms with E-state index in [0.717, 1.165) is 21.9 Å². The molecule has 0 unspecified atom stereocenters. The van der Waals surface area contributed by atoms with Crippen LogP contribution in [0.4, 0.5) is 0 Å². The van der Waals surface area contributed by atoms with E-state index in [-0.39, 0.29) is 5.54 Å². The molecule has 2 aromatic rings. The smallest absolute Gasteiger partial charge is 0.124 e. The van der Waals surface area contributed by atoms with Crippen molar-refractivity contribution in [2.45, 2.75) is 39.5 Å². The molecule has 0 aliphatic rings. The van der Waals surface area contributed by atoms with E-state index in [2.05, 4.69) is 31.1 Å². The number of hydrogen-bond donors (Lipinski definition) is 1. The molecule has 0 spiro atoms. The summed E-state index contributed by atoms with van der Waals surface area (Å²) in [5, 5.41) is 4.17. The molecule has 3 nitrogen and oxygen atoms in total. The Bertz CT molecular complexity index is 579. The molecule has 0 atom stereocenters. The van der Waals surface area contributed by atoms with E-state index in [1.807, 2.05) is 36.5 Å². The van der Waals surface area contributed by atoms with Gasteiger partial charge in [-0.1, -0.05) is 17.7 Å². The molecule has 0 saturated heterocycles. The van der Waals surface area contributed by atoms with Gasteiger partial charge in [0.05, 0.1) is 0 Å². The maximum atomic E-state index is 6.09. The predicted octanol–water partition coefficient (Wildman–Crippen LogP) is 4.20. The Hall–Kier alpha value is -1.58. The van der Waals surface area contributed by atoms with E-state index < -0.39 is 0 Å². The predicted molar refractivity (Wildman–Crippen MR) is 86.6 cm³/mol. The zero-order valence-electron chi connectivity index (χ0n) is 12.7. The third kappa shape index (κ3) is 5.37. The van der Waals surface area contributed by atoms with E-state index in [1.165, 1.54) is 0 Å². The second-order valence-corrected chi connectivity index (χ2v) is 6.44. The SMILES string of the molecule is CC(C)(C)NCc1cc(Cl)ccc1OCc1cccnc1. The third-order valence-electron chi connectivity index (χ3n) is 2.95. The molecule has 0 aliphatic carbocycles. The van der Waals surface area contributed by atoms with Gasteiger partial charge in [0, 0.05) is 40.6 Å². The average Bonchev–Trinajstić information content (AvgIpc) is 2.44. The zero-order valence-corrected chi connectivity index (χ0v) is 13.4. The van der Waals surface area contributed by atoms with Gasteiger partial charge in [-0.15, -0.1) is 0 Å². The summed E-state index contributed by atoms with van der Waals surface area (Å²) in [5.74, 6) is 0.847. The molecule has 1 aromatic carbocycles. The number of nitrogens with one attached hydrogen (secondary N) is 1. The van der Waals surface area contributed by atoms with Crippen molar-refractivity contribution in [2.75, 3.05) is 0 Å². The van der Waals surface area contributed by atoms with Crippen LogP contribution in [0.3, 0.4) is 0 Å². The Kier molecular flexibility index (Phi) is 5.21. The zero-order chi connectivity index (χ0) is 15.3. The van der Waals surface area contributed by atoms with Gasteiger partial charge in [-0.2, -0.15) is 0 Å². The summed E-state index contributed by atoms with van der Waals surface area (Å²) in [6, 6.07) is 9.61. The quantitative estimate of drug-likeness (QED) is 0.899. The Labute approximate surface area is 131 Å². The van der Waals surface area contributed by atoms with Crippen LogP contribution in [0.1, 0.15) is 31.9 Å². The van der Waals surface area contributed by atoms with Crippen molar-refractivity contribution >= 4 is 11.6 Å². The fourth-order valence-electron chi connectivity index (χ4n) is 1.83. The molecule has 1 aromatic heterocycles. The monoisotopic (exact) mass is 304 g/mol. The fraction of sp³-hybridized carbons (Fsp3) is 0.353. The van der Waals surface area contributed by atoms with Gasteiger partial charge in [0.25, 0.3) is 0 Å². The molecule has 0 bridgehead atoms. The molecule has 4 heteroatoms. The van der Waals surface area contributed by atoms with Crippen LogP contribution in [0.15, 0.2) is 42.7 Å². The van der Waals surface area contributed by atoms with E-state index in [4.69, 9.17) is 16.3 Å². The largest absolute Gasteiger partial charge is 0.489 e. The maximum Gasteiger partial charge on any atom is 0.124 e. The number of aromatic nitrogens is 1. The number of nitrogens with zero attached hydrogens (tertiary/aromatic N) is 1. The highest BCUT2D eigenvalue weighted by molar-refractivity contribution is 6.30. The first kappa shape index (κ1) is 15.8. The van der Waals surface area contributed by atoms with Crippen LogP contribution < -0.4 is 10.1 Å². The van der Waals surface area contributed by atoms with Crippen molar-refractivity contribution in [1.82, 2.24) is 10.3 Å². The van der Waals surface area contributed by atoms with Crippen molar-refractivity contribution in [3.63, 3.8) is 0 Å². The summed E-state index contributed by atoms with van der Waals surface area (Å²) in [5.41, 5.74) is 2.15. The van der Waals surface area contributed by atoms with Gasteiger partial charge in [0.1, 0.15) is 12.4 Å². The lowest BCUT2D eigenvalue weighted by atomic mass is 10.1. The van der Waals surface area contributed by atoms with E-state index >= 15 is 0 Å². The summed E-state index contributed by atoms with van der Waals surface area (Å²) in [4.78, 5) is 4.09. The van der Waals surface area contributed by atoms with E-state index in [9.17, 15) is 0 Å². The first-order chi connectivity index (χ1) is 9.94. The van der Waals surface area contributed by atoms with Crippen molar-refractivity contribution < 1.29 is 4.74 Å². The molecule has 112 valence electrons. The molecule has 0 radical (unpaired) electrons. The summed E-state index contributed by atoms with van der Waals surface area (Å²) in [6.45, 7) is 7.61. The lowest BCUT2D eigenvalue weighted by Gasteiger charge is -2.22. The number of halogens is 1. The summed E-state index contributed by atoms with van der Waals surface area (Å²) >= 11 is 6.09. The van der Waals surface area contributed by atoms with E-state index in [0.29, 0.717) is 13.2 Å². The summed E-state index contributed by atoms with van der Waals surface area (Å²) in [6.07, 6.45) is 3.56. The minimum absolute atomic E-state index is 0.0446. The van der Waals surface area contributed by atoms with Crippen LogP contribution >= 0.6 is 11.6 Å². The molecule has 1 N–H and O–H groups in total. The molecule has 0 saturated carbocycles. The first-order valence-electron chi connectivity index (χ1n) is 6.99. The van der Waals surface area contributed by atoms with Gasteiger partial charge in [-0.25, -0.2) is 0 Å². The number of benzene rings is 1. The van der Waals surface area contributed by atoms with Gasteiger partial charge in [0.2, 0.25) is 0 Å². The molecular formula is C17H21ClN2O. The standard InChI is InChI=1S/C17H21ClN2O/c1-17(2,3)20-11-14-9-15(18)6-7-16(14)21-12-13-5-4-8-19-10-13/h4-10,20H,11-12H2,1-3H3. The third-order valence-corrected chi connectivity index (χ3v) is 3.18. The highest BCUT2D eigenvalue weighted by Gasteiger charge is 2.11. The van der Waals surface area contributed by atoms with Gasteiger partial charge in [-0.05, 0) is 45.0 Å². The van der Waals surface area contributed by atoms with Crippen LogP contribution in [0.25, 0.3) is 0 Å². The average molecular weight is 305 g/mol. The molecular weight excluding hydrogens is 284 g/mol. The van der Waals surface area contributed by atoms with Crippen molar-refractivity contribution in [3.8, 4) is 5.75 Å². The number of hydrogen-bond acceptors (Lipinski definition) is 3. The van der Waals surface area contributed by atoms with Crippen LogP contribution in [-0.2, 0) is 13.2 Å². The normalized spacial score (nSPS) is 11.4. The van der Waals surface area contributed by atoms with Gasteiger partial charge in [0.15, 0.2) is 0 Å². The second kappa shape index (κ2) is 6.92. The second-order valence-electron chi connectivity index (χ2n) is 6.01. The van der Waals surface area contributed by atoms with Crippen LogP contribution in [-0.4, -0.2) is 10.5 Å². The Morgan fingerprint density at radius 2 is 2.05 bits per heavy atom. The number of ether oxygens (including phenoxy) is 1. The lowest BCUT2D eigenvalue weighted by Crippen LogP contribution is -2.35. The van der Waals surface area contributed by atoms with Crippen molar-refractivity contribution in [3.05, 3.63) is 58.9 Å². The topological polar surface area (TPSA) is 34.1 Å².